The molecule has 0 radical (unpaired) electrons. The van der Waals surface area contributed by atoms with E-state index < -0.39 is 0 Å². The fourth-order valence-electron chi connectivity index (χ4n) is 3.49. The van der Waals surface area contributed by atoms with Gasteiger partial charge in [0.25, 0.3) is 0 Å². The highest BCUT2D eigenvalue weighted by Gasteiger charge is 2.27. The number of nitrogens with two attached hydrogens (primary N) is 1. The second-order valence-electron chi connectivity index (χ2n) is 6.02. The van der Waals surface area contributed by atoms with E-state index in [-0.39, 0.29) is 12.4 Å². The van der Waals surface area contributed by atoms with Gasteiger partial charge in [-0.1, -0.05) is 26.2 Å². The van der Waals surface area contributed by atoms with Crippen LogP contribution in [0, 0.1) is 11.8 Å². The minimum atomic E-state index is 0. The van der Waals surface area contributed by atoms with Crippen LogP contribution in [0.3, 0.4) is 0 Å². The zero-order valence-corrected chi connectivity index (χ0v) is 12.1. The van der Waals surface area contributed by atoms with E-state index in [1.165, 1.54) is 58.0 Å². The molecule has 0 amide bonds. The van der Waals surface area contributed by atoms with Gasteiger partial charge >= 0.3 is 0 Å². The van der Waals surface area contributed by atoms with Crippen molar-refractivity contribution in [2.45, 2.75) is 57.9 Å². The highest BCUT2D eigenvalue weighted by atomic mass is 35.5. The smallest absolute Gasteiger partial charge is 0.0221 e. The van der Waals surface area contributed by atoms with Crippen molar-refractivity contribution in [3.63, 3.8) is 0 Å². The monoisotopic (exact) mass is 260 g/mol. The Morgan fingerprint density at radius 3 is 2.47 bits per heavy atom. The fraction of sp³-hybridized carbons (Fsp3) is 1.00. The molecule has 1 aliphatic carbocycles. The molecular weight excluding hydrogens is 232 g/mol. The van der Waals surface area contributed by atoms with Crippen molar-refractivity contribution < 1.29 is 0 Å². The van der Waals surface area contributed by atoms with E-state index >= 15 is 0 Å². The first kappa shape index (κ1) is 15.3. The van der Waals surface area contributed by atoms with Gasteiger partial charge in [0.15, 0.2) is 0 Å². The first-order valence-corrected chi connectivity index (χ1v) is 7.23. The van der Waals surface area contributed by atoms with E-state index in [2.05, 4.69) is 11.8 Å². The largest absolute Gasteiger partial charge is 0.329 e. The van der Waals surface area contributed by atoms with Gasteiger partial charge in [-0.15, -0.1) is 12.4 Å². The zero-order valence-electron chi connectivity index (χ0n) is 11.2. The second-order valence-corrected chi connectivity index (χ2v) is 6.02. The Bertz CT molecular complexity index is 204. The van der Waals surface area contributed by atoms with Crippen molar-refractivity contribution in [1.29, 1.82) is 0 Å². The molecule has 1 aliphatic heterocycles. The highest BCUT2D eigenvalue weighted by molar-refractivity contribution is 5.85. The number of likely N-dealkylation sites (tertiary alicyclic amines) is 1. The molecule has 2 atom stereocenters. The molecule has 2 unspecified atom stereocenters. The molecule has 1 heterocycles. The van der Waals surface area contributed by atoms with Gasteiger partial charge in [-0.05, 0) is 44.1 Å². The van der Waals surface area contributed by atoms with Gasteiger partial charge in [0.1, 0.15) is 0 Å². The third-order valence-corrected chi connectivity index (χ3v) is 4.59. The molecule has 2 rings (SSSR count). The number of rotatable bonds is 3. The van der Waals surface area contributed by atoms with Crippen LogP contribution in [-0.4, -0.2) is 30.6 Å². The van der Waals surface area contributed by atoms with Crippen molar-refractivity contribution in [3.05, 3.63) is 0 Å². The summed E-state index contributed by atoms with van der Waals surface area (Å²) in [7, 11) is 0. The molecule has 0 aromatic rings. The average molecular weight is 261 g/mol. The van der Waals surface area contributed by atoms with Crippen LogP contribution in [0.5, 0.6) is 0 Å². The van der Waals surface area contributed by atoms with Crippen LogP contribution in [0.1, 0.15) is 51.9 Å². The summed E-state index contributed by atoms with van der Waals surface area (Å²) >= 11 is 0. The SMILES string of the molecule is CC1CCN(CC2CCCCC2)C(CN)C1.Cl. The molecule has 0 aromatic heterocycles. The van der Waals surface area contributed by atoms with Crippen LogP contribution < -0.4 is 5.73 Å². The maximum absolute atomic E-state index is 5.92. The van der Waals surface area contributed by atoms with Crippen LogP contribution in [-0.2, 0) is 0 Å². The molecule has 2 N–H and O–H groups in total. The van der Waals surface area contributed by atoms with Crippen LogP contribution >= 0.6 is 12.4 Å². The molecule has 2 aliphatic rings. The maximum atomic E-state index is 5.92. The van der Waals surface area contributed by atoms with E-state index in [0.29, 0.717) is 6.04 Å². The van der Waals surface area contributed by atoms with Crippen LogP contribution in [0.15, 0.2) is 0 Å². The lowest BCUT2D eigenvalue weighted by Gasteiger charge is -2.40. The van der Waals surface area contributed by atoms with Crippen LogP contribution in [0.4, 0.5) is 0 Å². The molecule has 0 spiro atoms. The zero-order chi connectivity index (χ0) is 11.4. The third-order valence-electron chi connectivity index (χ3n) is 4.59. The van der Waals surface area contributed by atoms with Gasteiger partial charge in [0, 0.05) is 19.1 Å². The topological polar surface area (TPSA) is 29.3 Å². The molecular formula is C14H29ClN2. The molecule has 102 valence electrons. The quantitative estimate of drug-likeness (QED) is 0.845. The first-order valence-electron chi connectivity index (χ1n) is 7.23. The normalized spacial score (nSPS) is 32.1. The number of halogens is 1. The van der Waals surface area contributed by atoms with E-state index in [4.69, 9.17) is 5.73 Å². The van der Waals surface area contributed by atoms with Crippen LogP contribution in [0.25, 0.3) is 0 Å². The Kier molecular flexibility index (Phi) is 6.83. The number of hydrogen-bond acceptors (Lipinski definition) is 2. The minimum Gasteiger partial charge on any atom is -0.329 e. The molecule has 2 nitrogen and oxygen atoms in total. The Morgan fingerprint density at radius 2 is 1.82 bits per heavy atom. The van der Waals surface area contributed by atoms with Crippen molar-refractivity contribution >= 4 is 12.4 Å². The van der Waals surface area contributed by atoms with Crippen molar-refractivity contribution in [2.75, 3.05) is 19.6 Å². The Labute approximate surface area is 113 Å². The summed E-state index contributed by atoms with van der Waals surface area (Å²) in [6.45, 7) is 5.85. The van der Waals surface area contributed by atoms with Crippen molar-refractivity contribution in [1.82, 2.24) is 4.90 Å². The lowest BCUT2D eigenvalue weighted by Crippen LogP contribution is -2.48. The molecule has 0 aromatic carbocycles. The third kappa shape index (κ3) is 4.42. The van der Waals surface area contributed by atoms with E-state index in [1.54, 1.807) is 0 Å². The Morgan fingerprint density at radius 1 is 1.12 bits per heavy atom. The number of piperidine rings is 1. The highest BCUT2D eigenvalue weighted by Crippen LogP contribution is 2.28. The summed E-state index contributed by atoms with van der Waals surface area (Å²) in [6.07, 6.45) is 10.0. The van der Waals surface area contributed by atoms with E-state index in [9.17, 15) is 0 Å². The summed E-state index contributed by atoms with van der Waals surface area (Å²) in [4.78, 5) is 2.69. The van der Waals surface area contributed by atoms with E-state index in [0.717, 1.165) is 18.4 Å². The van der Waals surface area contributed by atoms with Gasteiger partial charge in [0.2, 0.25) is 0 Å². The molecule has 1 saturated heterocycles. The maximum Gasteiger partial charge on any atom is 0.0221 e. The summed E-state index contributed by atoms with van der Waals surface area (Å²) in [5, 5.41) is 0. The van der Waals surface area contributed by atoms with Gasteiger partial charge in [-0.25, -0.2) is 0 Å². The van der Waals surface area contributed by atoms with Crippen molar-refractivity contribution in [2.24, 2.45) is 17.6 Å². The van der Waals surface area contributed by atoms with Crippen LogP contribution in [0.2, 0.25) is 0 Å². The summed E-state index contributed by atoms with van der Waals surface area (Å²) in [6, 6.07) is 0.672. The fourth-order valence-corrected chi connectivity index (χ4v) is 3.49. The molecule has 17 heavy (non-hydrogen) atoms. The van der Waals surface area contributed by atoms with Gasteiger partial charge in [0.05, 0.1) is 0 Å². The lowest BCUT2D eigenvalue weighted by molar-refractivity contribution is 0.0941. The predicted octanol–water partition coefficient (Wildman–Crippen LogP) is 3.05. The number of hydrogen-bond donors (Lipinski definition) is 1. The predicted molar refractivity (Wildman–Crippen MR) is 76.6 cm³/mol. The van der Waals surface area contributed by atoms with Gasteiger partial charge < -0.3 is 5.73 Å². The summed E-state index contributed by atoms with van der Waals surface area (Å²) in [5.74, 6) is 1.85. The van der Waals surface area contributed by atoms with Gasteiger partial charge in [-0.3, -0.25) is 4.90 Å². The van der Waals surface area contributed by atoms with E-state index in [1.807, 2.05) is 0 Å². The number of nitrogens with zero attached hydrogens (tertiary/aromatic N) is 1. The van der Waals surface area contributed by atoms with Crippen molar-refractivity contribution in [3.8, 4) is 0 Å². The lowest BCUT2D eigenvalue weighted by atomic mass is 9.86. The second kappa shape index (κ2) is 7.60. The molecule has 2 fully saturated rings. The molecule has 3 heteroatoms. The summed E-state index contributed by atoms with van der Waals surface area (Å²) < 4.78 is 0. The first-order chi connectivity index (χ1) is 7.79. The summed E-state index contributed by atoms with van der Waals surface area (Å²) in [5.41, 5.74) is 5.92. The van der Waals surface area contributed by atoms with Gasteiger partial charge in [-0.2, -0.15) is 0 Å². The Hall–Kier alpha value is 0.210. The standard InChI is InChI=1S/C14H28N2.ClH/c1-12-7-8-16(14(9-12)10-15)11-13-5-3-2-4-6-13;/h12-14H,2-11,15H2,1H3;1H. The Balaban J connectivity index is 0.00000144. The molecule has 1 saturated carbocycles. The molecule has 0 bridgehead atoms. The minimum absolute atomic E-state index is 0. The average Bonchev–Trinajstić information content (AvgIpc) is 2.33.